The second-order valence-corrected chi connectivity index (χ2v) is 6.31. The lowest BCUT2D eigenvalue weighted by atomic mass is 10.2. The van der Waals surface area contributed by atoms with Gasteiger partial charge in [-0.05, 0) is 43.7 Å². The monoisotopic (exact) mass is 293 g/mol. The van der Waals surface area contributed by atoms with E-state index in [4.69, 9.17) is 5.73 Å². The molecule has 0 aliphatic heterocycles. The molecule has 1 aromatic carbocycles. The lowest BCUT2D eigenvalue weighted by Crippen LogP contribution is -2.35. The number of rotatable bonds is 6. The molecular weight excluding hydrogens is 274 g/mol. The summed E-state index contributed by atoms with van der Waals surface area (Å²) in [6.07, 6.45) is 2.98. The Bertz CT molecular complexity index is 680. The minimum absolute atomic E-state index is 0.142. The van der Waals surface area contributed by atoms with Crippen molar-refractivity contribution in [2.24, 2.45) is 5.73 Å². The van der Waals surface area contributed by atoms with Crippen molar-refractivity contribution in [1.82, 2.24) is 9.71 Å². The van der Waals surface area contributed by atoms with Crippen LogP contribution in [0.1, 0.15) is 19.8 Å². The van der Waals surface area contributed by atoms with Gasteiger partial charge < -0.3 is 5.73 Å². The average Bonchev–Trinajstić information content (AvgIpc) is 2.46. The maximum atomic E-state index is 12.5. The quantitative estimate of drug-likeness (QED) is 0.848. The molecule has 1 aromatic heterocycles. The summed E-state index contributed by atoms with van der Waals surface area (Å²) in [6, 6.07) is 8.46. The van der Waals surface area contributed by atoms with Crippen molar-refractivity contribution in [1.29, 1.82) is 0 Å². The van der Waals surface area contributed by atoms with E-state index < -0.39 is 10.0 Å². The molecule has 0 aliphatic rings. The van der Waals surface area contributed by atoms with Gasteiger partial charge in [0.15, 0.2) is 0 Å². The molecule has 1 atom stereocenters. The van der Waals surface area contributed by atoms with E-state index in [0.717, 1.165) is 0 Å². The summed E-state index contributed by atoms with van der Waals surface area (Å²) in [5.41, 5.74) is 6.18. The fraction of sp³-hybridized carbons (Fsp3) is 0.357. The van der Waals surface area contributed by atoms with Gasteiger partial charge in [-0.1, -0.05) is 13.0 Å². The Morgan fingerprint density at radius 1 is 1.30 bits per heavy atom. The number of nitrogens with two attached hydrogens (primary N) is 1. The van der Waals surface area contributed by atoms with Gasteiger partial charge in [0, 0.05) is 17.6 Å². The minimum Gasteiger partial charge on any atom is -0.330 e. The van der Waals surface area contributed by atoms with E-state index in [-0.39, 0.29) is 10.9 Å². The van der Waals surface area contributed by atoms with Crippen molar-refractivity contribution in [3.8, 4) is 0 Å². The standard InChI is InChI=1S/C14H19N3O2S/c1-2-11(8-9-15)17-20(18,19)14-7-3-6-13-12(14)5-4-10-16-13/h3-7,10-11,17H,2,8-9,15H2,1H3. The molecule has 5 nitrogen and oxygen atoms in total. The van der Waals surface area contributed by atoms with Gasteiger partial charge in [0.2, 0.25) is 10.0 Å². The van der Waals surface area contributed by atoms with E-state index in [9.17, 15) is 8.42 Å². The third kappa shape index (κ3) is 3.15. The van der Waals surface area contributed by atoms with Gasteiger partial charge in [0.1, 0.15) is 0 Å². The molecule has 0 radical (unpaired) electrons. The lowest BCUT2D eigenvalue weighted by Gasteiger charge is -2.17. The van der Waals surface area contributed by atoms with Crippen molar-refractivity contribution in [3.63, 3.8) is 0 Å². The van der Waals surface area contributed by atoms with Gasteiger partial charge in [-0.15, -0.1) is 0 Å². The maximum Gasteiger partial charge on any atom is 0.241 e. The highest BCUT2D eigenvalue weighted by molar-refractivity contribution is 7.89. The fourth-order valence-electron chi connectivity index (χ4n) is 2.14. The van der Waals surface area contributed by atoms with Crippen molar-refractivity contribution in [3.05, 3.63) is 36.5 Å². The number of pyridine rings is 1. The van der Waals surface area contributed by atoms with Crippen molar-refractivity contribution in [2.75, 3.05) is 6.54 Å². The summed E-state index contributed by atoms with van der Waals surface area (Å²) in [7, 11) is -3.57. The number of benzene rings is 1. The molecule has 20 heavy (non-hydrogen) atoms. The third-order valence-electron chi connectivity index (χ3n) is 3.22. The number of nitrogens with one attached hydrogen (secondary N) is 1. The summed E-state index contributed by atoms with van der Waals surface area (Å²) in [4.78, 5) is 4.44. The molecule has 2 rings (SSSR count). The number of fused-ring (bicyclic) bond motifs is 1. The van der Waals surface area contributed by atoms with Crippen LogP contribution in [0.15, 0.2) is 41.4 Å². The van der Waals surface area contributed by atoms with E-state index in [0.29, 0.717) is 30.3 Å². The van der Waals surface area contributed by atoms with E-state index in [1.807, 2.05) is 6.92 Å². The Labute approximate surface area is 119 Å². The Morgan fingerprint density at radius 3 is 2.80 bits per heavy atom. The molecule has 0 fully saturated rings. The van der Waals surface area contributed by atoms with Crippen molar-refractivity contribution in [2.45, 2.75) is 30.7 Å². The zero-order valence-electron chi connectivity index (χ0n) is 11.4. The number of sulfonamides is 1. The Morgan fingerprint density at radius 2 is 2.10 bits per heavy atom. The number of hydrogen-bond donors (Lipinski definition) is 2. The summed E-state index contributed by atoms with van der Waals surface area (Å²) < 4.78 is 27.7. The SMILES string of the molecule is CCC(CCN)NS(=O)(=O)c1cccc2ncccc12. The summed E-state index contributed by atoms with van der Waals surface area (Å²) in [6.45, 7) is 2.39. The van der Waals surface area contributed by atoms with Gasteiger partial charge in [-0.25, -0.2) is 13.1 Å². The van der Waals surface area contributed by atoms with Crippen LogP contribution in [-0.4, -0.2) is 26.0 Å². The van der Waals surface area contributed by atoms with Crippen molar-refractivity contribution >= 4 is 20.9 Å². The van der Waals surface area contributed by atoms with Gasteiger partial charge in [-0.2, -0.15) is 0 Å². The maximum absolute atomic E-state index is 12.5. The largest absolute Gasteiger partial charge is 0.330 e. The van der Waals surface area contributed by atoms with Crippen LogP contribution in [0.2, 0.25) is 0 Å². The molecule has 6 heteroatoms. The van der Waals surface area contributed by atoms with E-state index in [1.165, 1.54) is 0 Å². The molecule has 0 saturated carbocycles. The van der Waals surface area contributed by atoms with Crippen LogP contribution in [0, 0.1) is 0 Å². The van der Waals surface area contributed by atoms with Crippen LogP contribution >= 0.6 is 0 Å². The molecule has 1 heterocycles. The smallest absolute Gasteiger partial charge is 0.241 e. The predicted octanol–water partition coefficient (Wildman–Crippen LogP) is 1.64. The first-order valence-corrected chi connectivity index (χ1v) is 8.13. The first-order chi connectivity index (χ1) is 9.58. The Hall–Kier alpha value is -1.50. The average molecular weight is 293 g/mol. The van der Waals surface area contributed by atoms with E-state index in [1.54, 1.807) is 36.5 Å². The zero-order valence-corrected chi connectivity index (χ0v) is 12.2. The second-order valence-electron chi connectivity index (χ2n) is 4.63. The highest BCUT2D eigenvalue weighted by Gasteiger charge is 2.20. The summed E-state index contributed by atoms with van der Waals surface area (Å²) >= 11 is 0. The van der Waals surface area contributed by atoms with E-state index in [2.05, 4.69) is 9.71 Å². The van der Waals surface area contributed by atoms with Crippen LogP contribution in [0.3, 0.4) is 0 Å². The molecule has 0 amide bonds. The van der Waals surface area contributed by atoms with Crippen LogP contribution < -0.4 is 10.5 Å². The van der Waals surface area contributed by atoms with Crippen LogP contribution in [0.4, 0.5) is 0 Å². The molecule has 108 valence electrons. The molecule has 0 spiro atoms. The van der Waals surface area contributed by atoms with Crippen molar-refractivity contribution < 1.29 is 8.42 Å². The molecule has 0 aliphatic carbocycles. The molecule has 1 unspecified atom stereocenters. The molecule has 2 aromatic rings. The van der Waals surface area contributed by atoms with Crippen LogP contribution in [-0.2, 0) is 10.0 Å². The highest BCUT2D eigenvalue weighted by atomic mass is 32.2. The molecule has 3 N–H and O–H groups in total. The Kier molecular flexibility index (Phi) is 4.69. The lowest BCUT2D eigenvalue weighted by molar-refractivity contribution is 0.521. The molecule has 0 bridgehead atoms. The summed E-state index contributed by atoms with van der Waals surface area (Å²) in [5.74, 6) is 0. The molecular formula is C14H19N3O2S. The third-order valence-corrected chi connectivity index (χ3v) is 4.80. The van der Waals surface area contributed by atoms with Gasteiger partial charge in [-0.3, -0.25) is 4.98 Å². The summed E-state index contributed by atoms with van der Waals surface area (Å²) in [5, 5.41) is 0.630. The first-order valence-electron chi connectivity index (χ1n) is 6.64. The zero-order chi connectivity index (χ0) is 14.6. The van der Waals surface area contributed by atoms with Gasteiger partial charge in [0.05, 0.1) is 10.4 Å². The molecule has 0 saturated heterocycles. The van der Waals surface area contributed by atoms with E-state index >= 15 is 0 Å². The Balaban J connectivity index is 2.41. The number of aromatic nitrogens is 1. The van der Waals surface area contributed by atoms with Gasteiger partial charge in [0.25, 0.3) is 0 Å². The second kappa shape index (κ2) is 6.30. The topological polar surface area (TPSA) is 85.1 Å². The first kappa shape index (κ1) is 14.9. The number of hydrogen-bond acceptors (Lipinski definition) is 4. The normalized spacial score (nSPS) is 13.5. The van der Waals surface area contributed by atoms with Crippen LogP contribution in [0.5, 0.6) is 0 Å². The minimum atomic E-state index is -3.57. The van der Waals surface area contributed by atoms with Gasteiger partial charge >= 0.3 is 0 Å². The highest BCUT2D eigenvalue weighted by Crippen LogP contribution is 2.21. The van der Waals surface area contributed by atoms with Crippen LogP contribution in [0.25, 0.3) is 10.9 Å². The fourth-order valence-corrected chi connectivity index (χ4v) is 3.71. The predicted molar refractivity (Wildman–Crippen MR) is 79.8 cm³/mol. The number of nitrogens with zero attached hydrogens (tertiary/aromatic N) is 1.